The van der Waals surface area contributed by atoms with Crippen molar-refractivity contribution in [1.82, 2.24) is 10.6 Å². The first kappa shape index (κ1) is 26.7. The molecule has 2 aromatic rings. The quantitative estimate of drug-likeness (QED) is 0.326. The summed E-state index contributed by atoms with van der Waals surface area (Å²) >= 11 is 0. The standard InChI is InChI=1S/C25H32N2O7/c1-16(18-9-10-22(33-2)21(28)14-18)11-12-26-19(15-23(29)30)24(31)27-20(25(32)34-3)13-17-7-5-4-6-8-17/h4-10,14,16,19-20,26,28H,11-13,15H2,1-3H3,(H,27,31)(H,29,30)/t16?,19-,20+/m0/s1. The van der Waals surface area contributed by atoms with E-state index in [1.54, 1.807) is 12.1 Å². The van der Waals surface area contributed by atoms with Crippen LogP contribution in [0.15, 0.2) is 48.5 Å². The highest BCUT2D eigenvalue weighted by atomic mass is 16.5. The van der Waals surface area contributed by atoms with Gasteiger partial charge in [-0.3, -0.25) is 9.59 Å². The van der Waals surface area contributed by atoms with Crippen molar-refractivity contribution in [3.8, 4) is 11.5 Å². The topological polar surface area (TPSA) is 134 Å². The van der Waals surface area contributed by atoms with Crippen molar-refractivity contribution < 1.29 is 34.1 Å². The number of methoxy groups -OCH3 is 2. The van der Waals surface area contributed by atoms with Gasteiger partial charge in [-0.05, 0) is 42.1 Å². The number of carboxylic acid groups (broad SMARTS) is 1. The number of phenolic OH excluding ortho intramolecular Hbond substituents is 1. The normalized spacial score (nSPS) is 13.4. The van der Waals surface area contributed by atoms with E-state index in [9.17, 15) is 24.6 Å². The fourth-order valence-electron chi connectivity index (χ4n) is 3.54. The molecule has 2 rings (SSSR count). The Bertz CT molecular complexity index is 965. The second-order valence-electron chi connectivity index (χ2n) is 8.00. The molecular formula is C25H32N2O7. The van der Waals surface area contributed by atoms with Crippen LogP contribution in [0, 0.1) is 0 Å². The second-order valence-corrected chi connectivity index (χ2v) is 8.00. The van der Waals surface area contributed by atoms with Crippen LogP contribution in [0.4, 0.5) is 0 Å². The zero-order valence-electron chi connectivity index (χ0n) is 19.6. The van der Waals surface area contributed by atoms with Crippen LogP contribution >= 0.6 is 0 Å². The third kappa shape index (κ3) is 8.08. The van der Waals surface area contributed by atoms with E-state index in [2.05, 4.69) is 10.6 Å². The van der Waals surface area contributed by atoms with Gasteiger partial charge in [0.15, 0.2) is 11.5 Å². The Balaban J connectivity index is 2.01. The molecule has 0 saturated heterocycles. The fraction of sp³-hybridized carbons (Fsp3) is 0.400. The molecule has 0 radical (unpaired) electrons. The second kappa shape index (κ2) is 13.2. The van der Waals surface area contributed by atoms with Crippen LogP contribution in [-0.4, -0.2) is 60.9 Å². The first-order valence-corrected chi connectivity index (χ1v) is 11.0. The number of hydrogen-bond acceptors (Lipinski definition) is 7. The number of amides is 1. The number of carbonyl (C=O) groups is 3. The number of esters is 1. The van der Waals surface area contributed by atoms with Crippen LogP contribution in [0.1, 0.15) is 36.8 Å². The lowest BCUT2D eigenvalue weighted by atomic mass is 9.97. The largest absolute Gasteiger partial charge is 0.504 e. The Morgan fingerprint density at radius 3 is 2.32 bits per heavy atom. The number of phenols is 1. The third-order valence-corrected chi connectivity index (χ3v) is 5.52. The molecule has 9 heteroatoms. The molecular weight excluding hydrogens is 440 g/mol. The smallest absolute Gasteiger partial charge is 0.328 e. The summed E-state index contributed by atoms with van der Waals surface area (Å²) in [5.41, 5.74) is 1.71. The van der Waals surface area contributed by atoms with Gasteiger partial charge >= 0.3 is 11.9 Å². The lowest BCUT2D eigenvalue weighted by molar-refractivity contribution is -0.145. The molecule has 3 atom stereocenters. The summed E-state index contributed by atoms with van der Waals surface area (Å²) in [6, 6.07) is 12.3. The summed E-state index contributed by atoms with van der Waals surface area (Å²) in [5, 5.41) is 24.9. The number of nitrogens with one attached hydrogen (secondary N) is 2. The van der Waals surface area contributed by atoms with Crippen LogP contribution in [-0.2, 0) is 25.5 Å². The number of ether oxygens (including phenoxy) is 2. The number of carbonyl (C=O) groups excluding carboxylic acids is 2. The van der Waals surface area contributed by atoms with E-state index in [4.69, 9.17) is 9.47 Å². The molecule has 0 heterocycles. The molecule has 0 aliphatic heterocycles. The van der Waals surface area contributed by atoms with E-state index in [1.165, 1.54) is 14.2 Å². The van der Waals surface area contributed by atoms with Gasteiger partial charge in [-0.25, -0.2) is 4.79 Å². The lowest BCUT2D eigenvalue weighted by Gasteiger charge is -2.22. The highest BCUT2D eigenvalue weighted by Crippen LogP contribution is 2.30. The average molecular weight is 473 g/mol. The first-order chi connectivity index (χ1) is 16.2. The molecule has 2 aromatic carbocycles. The molecule has 0 bridgehead atoms. The van der Waals surface area contributed by atoms with Crippen LogP contribution < -0.4 is 15.4 Å². The number of aliphatic carboxylic acids is 1. The van der Waals surface area contributed by atoms with Crippen LogP contribution in [0.5, 0.6) is 11.5 Å². The van der Waals surface area contributed by atoms with Crippen molar-refractivity contribution in [2.24, 2.45) is 0 Å². The zero-order valence-corrected chi connectivity index (χ0v) is 19.6. The molecule has 4 N–H and O–H groups in total. The molecule has 1 amide bonds. The first-order valence-electron chi connectivity index (χ1n) is 11.0. The minimum atomic E-state index is -1.14. The number of benzene rings is 2. The monoisotopic (exact) mass is 472 g/mol. The minimum absolute atomic E-state index is 0.0266. The van der Waals surface area contributed by atoms with Crippen molar-refractivity contribution in [3.05, 3.63) is 59.7 Å². The molecule has 184 valence electrons. The highest BCUT2D eigenvalue weighted by molar-refractivity contribution is 5.90. The number of hydrogen-bond donors (Lipinski definition) is 4. The van der Waals surface area contributed by atoms with Crippen molar-refractivity contribution in [2.75, 3.05) is 20.8 Å². The van der Waals surface area contributed by atoms with E-state index >= 15 is 0 Å². The maximum atomic E-state index is 12.9. The van der Waals surface area contributed by atoms with E-state index in [1.807, 2.05) is 43.3 Å². The summed E-state index contributed by atoms with van der Waals surface area (Å²) in [4.78, 5) is 36.4. The zero-order chi connectivity index (χ0) is 25.1. The van der Waals surface area contributed by atoms with Crippen LogP contribution in [0.2, 0.25) is 0 Å². The molecule has 9 nitrogen and oxygen atoms in total. The molecule has 0 fully saturated rings. The Morgan fingerprint density at radius 2 is 1.74 bits per heavy atom. The maximum Gasteiger partial charge on any atom is 0.328 e. The fourth-order valence-corrected chi connectivity index (χ4v) is 3.54. The van der Waals surface area contributed by atoms with Crippen molar-refractivity contribution in [2.45, 2.75) is 44.2 Å². The highest BCUT2D eigenvalue weighted by Gasteiger charge is 2.28. The Labute approximate surface area is 199 Å². The molecule has 0 spiro atoms. The molecule has 0 saturated carbocycles. The Morgan fingerprint density at radius 1 is 1.03 bits per heavy atom. The van der Waals surface area contributed by atoms with Gasteiger partial charge in [0.25, 0.3) is 0 Å². The lowest BCUT2D eigenvalue weighted by Crippen LogP contribution is -2.52. The van der Waals surface area contributed by atoms with Crippen LogP contribution in [0.25, 0.3) is 0 Å². The molecule has 0 aromatic heterocycles. The Kier molecular flexibility index (Phi) is 10.3. The predicted octanol–water partition coefficient (Wildman–Crippen LogP) is 2.23. The summed E-state index contributed by atoms with van der Waals surface area (Å²) in [7, 11) is 2.71. The van der Waals surface area contributed by atoms with Gasteiger partial charge in [0.2, 0.25) is 5.91 Å². The van der Waals surface area contributed by atoms with Gasteiger partial charge in [-0.15, -0.1) is 0 Å². The Hall–Kier alpha value is -3.59. The van der Waals surface area contributed by atoms with E-state index < -0.39 is 36.4 Å². The summed E-state index contributed by atoms with van der Waals surface area (Å²) in [6.07, 6.45) is 0.361. The SMILES string of the molecule is COC(=O)[C@@H](Cc1ccccc1)NC(=O)[C@H](CC(=O)O)NCCC(C)c1ccc(OC)c(O)c1. The third-order valence-electron chi connectivity index (χ3n) is 5.52. The van der Waals surface area contributed by atoms with Gasteiger partial charge in [0, 0.05) is 6.42 Å². The van der Waals surface area contributed by atoms with Crippen molar-refractivity contribution in [3.63, 3.8) is 0 Å². The average Bonchev–Trinajstić information content (AvgIpc) is 2.82. The van der Waals surface area contributed by atoms with E-state index in [-0.39, 0.29) is 18.1 Å². The minimum Gasteiger partial charge on any atom is -0.504 e. The van der Waals surface area contributed by atoms with Gasteiger partial charge in [0.05, 0.1) is 26.7 Å². The maximum absolute atomic E-state index is 12.9. The van der Waals surface area contributed by atoms with Gasteiger partial charge < -0.3 is 30.3 Å². The van der Waals surface area contributed by atoms with Gasteiger partial charge in [-0.1, -0.05) is 43.3 Å². The van der Waals surface area contributed by atoms with Gasteiger partial charge in [-0.2, -0.15) is 0 Å². The summed E-state index contributed by atoms with van der Waals surface area (Å²) < 4.78 is 9.87. The van der Waals surface area contributed by atoms with Crippen molar-refractivity contribution >= 4 is 17.8 Å². The van der Waals surface area contributed by atoms with Crippen molar-refractivity contribution in [1.29, 1.82) is 0 Å². The number of carboxylic acids is 1. The van der Waals surface area contributed by atoms with E-state index in [0.717, 1.165) is 11.1 Å². The number of rotatable bonds is 13. The molecule has 1 unspecified atom stereocenters. The summed E-state index contributed by atoms with van der Waals surface area (Å²) in [6.45, 7) is 2.31. The molecule has 0 aliphatic carbocycles. The van der Waals surface area contributed by atoms with E-state index in [0.29, 0.717) is 18.7 Å². The molecule has 0 aliphatic rings. The molecule has 34 heavy (non-hydrogen) atoms. The van der Waals surface area contributed by atoms with Gasteiger partial charge in [0.1, 0.15) is 6.04 Å². The van der Waals surface area contributed by atoms with Crippen LogP contribution in [0.3, 0.4) is 0 Å². The number of aromatic hydroxyl groups is 1. The summed E-state index contributed by atoms with van der Waals surface area (Å²) in [5.74, 6) is -1.90. The predicted molar refractivity (Wildman–Crippen MR) is 126 cm³/mol.